The van der Waals surface area contributed by atoms with Crippen LogP contribution in [0.1, 0.15) is 29.5 Å². The van der Waals surface area contributed by atoms with Gasteiger partial charge in [0.2, 0.25) is 0 Å². The number of methoxy groups -OCH3 is 2. The third-order valence-corrected chi connectivity index (χ3v) is 5.88. The van der Waals surface area contributed by atoms with Gasteiger partial charge in [-0.15, -0.1) is 0 Å². The van der Waals surface area contributed by atoms with E-state index in [1.54, 1.807) is 14.2 Å². The maximum atomic E-state index is 5.67. The Labute approximate surface area is 166 Å². The molecule has 1 fully saturated rings. The molecule has 0 aliphatic carbocycles. The lowest BCUT2D eigenvalue weighted by molar-refractivity contribution is 0.0446. The molecule has 2 aromatic rings. The van der Waals surface area contributed by atoms with E-state index in [0.717, 1.165) is 55.5 Å². The van der Waals surface area contributed by atoms with Crippen LogP contribution in [0.3, 0.4) is 0 Å². The molecule has 2 aliphatic heterocycles. The van der Waals surface area contributed by atoms with E-state index in [1.165, 1.54) is 16.7 Å². The highest BCUT2D eigenvalue weighted by atomic mass is 16.5. The fraction of sp³-hybridized carbons (Fsp3) is 0.435. The van der Waals surface area contributed by atoms with Gasteiger partial charge in [-0.2, -0.15) is 0 Å². The summed E-state index contributed by atoms with van der Waals surface area (Å²) in [4.78, 5) is 5.05. The van der Waals surface area contributed by atoms with Crippen LogP contribution in [-0.2, 0) is 17.7 Å². The van der Waals surface area contributed by atoms with Crippen molar-refractivity contribution in [3.05, 3.63) is 53.1 Å². The van der Waals surface area contributed by atoms with E-state index >= 15 is 0 Å². The summed E-state index contributed by atoms with van der Waals surface area (Å²) in [6.45, 7) is 4.29. The maximum Gasteiger partial charge on any atom is 0.142 e. The summed E-state index contributed by atoms with van der Waals surface area (Å²) < 4.78 is 16.9. The topological polar surface area (TPSA) is 52.1 Å². The van der Waals surface area contributed by atoms with Gasteiger partial charge < -0.3 is 19.5 Å². The van der Waals surface area contributed by atoms with Gasteiger partial charge in [0.1, 0.15) is 17.3 Å². The summed E-state index contributed by atoms with van der Waals surface area (Å²) in [6, 6.07) is 12.5. The Kier molecular flexibility index (Phi) is 5.27. The van der Waals surface area contributed by atoms with Gasteiger partial charge in [0.15, 0.2) is 0 Å². The van der Waals surface area contributed by atoms with Crippen molar-refractivity contribution < 1.29 is 14.2 Å². The van der Waals surface area contributed by atoms with E-state index in [4.69, 9.17) is 19.2 Å². The van der Waals surface area contributed by atoms with Crippen molar-refractivity contribution >= 4 is 11.5 Å². The number of hydrogen-bond acceptors (Lipinski definition) is 4. The Morgan fingerprint density at radius 2 is 1.82 bits per heavy atom. The van der Waals surface area contributed by atoms with E-state index < -0.39 is 0 Å². The van der Waals surface area contributed by atoms with Gasteiger partial charge in [0.25, 0.3) is 0 Å². The summed E-state index contributed by atoms with van der Waals surface area (Å²) in [5.41, 5.74) is 4.57. The predicted molar refractivity (Wildman–Crippen MR) is 112 cm³/mol. The Hall–Kier alpha value is -2.53. The molecule has 0 amide bonds. The average Bonchev–Trinajstić information content (AvgIpc) is 2.72. The van der Waals surface area contributed by atoms with Crippen LogP contribution in [0.2, 0.25) is 0 Å². The zero-order valence-electron chi connectivity index (χ0n) is 16.9. The first-order chi connectivity index (χ1) is 13.6. The lowest BCUT2D eigenvalue weighted by atomic mass is 9.71. The molecule has 5 heteroatoms. The molecule has 2 aromatic carbocycles. The van der Waals surface area contributed by atoms with Gasteiger partial charge in [-0.05, 0) is 43.9 Å². The molecule has 148 valence electrons. The number of anilines is 1. The van der Waals surface area contributed by atoms with Crippen molar-refractivity contribution in [2.75, 3.05) is 32.8 Å². The number of hydrogen-bond donors (Lipinski definition) is 1. The molecule has 1 spiro atoms. The van der Waals surface area contributed by atoms with Gasteiger partial charge in [0, 0.05) is 24.2 Å². The Morgan fingerprint density at radius 3 is 2.54 bits per heavy atom. The molecule has 1 N–H and O–H groups in total. The second-order valence-electron chi connectivity index (χ2n) is 7.67. The molecule has 0 atom stereocenters. The second-order valence-corrected chi connectivity index (χ2v) is 7.67. The minimum atomic E-state index is -0.0469. The standard InChI is InChI=1S/C23H28N2O3/c1-16-5-4-6-17(13-16)15-24-22-23(9-11-28-12-10-23)14-18-19(26-2)7-8-20(27-3)21(18)25-22/h4-8,13H,9-12,14-15H2,1-3H3,(H,24,25). The number of nitrogens with one attached hydrogen (secondary N) is 1. The van der Waals surface area contributed by atoms with Crippen molar-refractivity contribution in [3.63, 3.8) is 0 Å². The first-order valence-electron chi connectivity index (χ1n) is 9.84. The number of rotatable bonds is 4. The van der Waals surface area contributed by atoms with Crippen LogP contribution >= 0.6 is 0 Å². The summed E-state index contributed by atoms with van der Waals surface area (Å²) in [6.07, 6.45) is 2.78. The number of ether oxygens (including phenoxy) is 3. The van der Waals surface area contributed by atoms with Gasteiger partial charge >= 0.3 is 0 Å². The summed E-state index contributed by atoms with van der Waals surface area (Å²) in [7, 11) is 3.42. The highest BCUT2D eigenvalue weighted by Gasteiger charge is 2.43. The molecule has 28 heavy (non-hydrogen) atoms. The predicted octanol–water partition coefficient (Wildman–Crippen LogP) is 4.38. The lowest BCUT2D eigenvalue weighted by Gasteiger charge is -2.43. The van der Waals surface area contributed by atoms with E-state index in [0.29, 0.717) is 6.54 Å². The van der Waals surface area contributed by atoms with Crippen LogP contribution in [0.5, 0.6) is 11.5 Å². The Balaban J connectivity index is 1.75. The summed E-state index contributed by atoms with van der Waals surface area (Å²) in [5.74, 6) is 2.75. The molecule has 2 aliphatic rings. The molecule has 4 rings (SSSR count). The number of aryl methyl sites for hydroxylation is 1. The van der Waals surface area contributed by atoms with Crippen LogP contribution < -0.4 is 14.8 Å². The Morgan fingerprint density at radius 1 is 1.07 bits per heavy atom. The molecule has 0 saturated carbocycles. The fourth-order valence-corrected chi connectivity index (χ4v) is 4.32. The summed E-state index contributed by atoms with van der Waals surface area (Å²) >= 11 is 0. The molecule has 0 unspecified atom stereocenters. The average molecular weight is 380 g/mol. The number of benzene rings is 2. The SMILES string of the molecule is COc1ccc(OC)c2c1CC1(CCOCC1)C(=NCc1cccc(C)c1)N2. The zero-order chi connectivity index (χ0) is 19.6. The van der Waals surface area contributed by atoms with Crippen molar-refractivity contribution in [1.82, 2.24) is 0 Å². The molecule has 0 bridgehead atoms. The van der Waals surface area contributed by atoms with Crippen LogP contribution in [0.15, 0.2) is 41.4 Å². The van der Waals surface area contributed by atoms with Crippen LogP contribution in [0.4, 0.5) is 5.69 Å². The van der Waals surface area contributed by atoms with E-state index in [1.807, 2.05) is 12.1 Å². The van der Waals surface area contributed by atoms with Crippen LogP contribution in [0.25, 0.3) is 0 Å². The molecule has 0 aromatic heterocycles. The summed E-state index contributed by atoms with van der Waals surface area (Å²) in [5, 5.41) is 3.63. The first-order valence-corrected chi connectivity index (χ1v) is 9.84. The van der Waals surface area contributed by atoms with E-state index in [9.17, 15) is 0 Å². The highest BCUT2D eigenvalue weighted by Crippen LogP contribution is 2.47. The molecule has 1 saturated heterocycles. The highest BCUT2D eigenvalue weighted by molar-refractivity contribution is 6.04. The van der Waals surface area contributed by atoms with Gasteiger partial charge in [-0.3, -0.25) is 4.99 Å². The minimum Gasteiger partial charge on any atom is -0.496 e. The second kappa shape index (κ2) is 7.84. The van der Waals surface area contributed by atoms with Gasteiger partial charge in [-0.25, -0.2) is 0 Å². The number of amidine groups is 1. The molecule has 2 heterocycles. The van der Waals surface area contributed by atoms with E-state index in [2.05, 4.69) is 36.5 Å². The van der Waals surface area contributed by atoms with Gasteiger partial charge in [0.05, 0.1) is 26.5 Å². The van der Waals surface area contributed by atoms with Crippen molar-refractivity contribution in [3.8, 4) is 11.5 Å². The zero-order valence-corrected chi connectivity index (χ0v) is 16.9. The first kappa shape index (κ1) is 18.8. The minimum absolute atomic E-state index is 0.0469. The lowest BCUT2D eigenvalue weighted by Crippen LogP contribution is -2.46. The number of aliphatic imine (C=N–C) groups is 1. The normalized spacial score (nSPS) is 19.2. The van der Waals surface area contributed by atoms with Crippen molar-refractivity contribution in [2.45, 2.75) is 32.7 Å². The third kappa shape index (κ3) is 3.47. The number of fused-ring (bicyclic) bond motifs is 1. The maximum absolute atomic E-state index is 5.67. The molecule has 0 radical (unpaired) electrons. The van der Waals surface area contributed by atoms with E-state index in [-0.39, 0.29) is 5.41 Å². The third-order valence-electron chi connectivity index (χ3n) is 5.88. The van der Waals surface area contributed by atoms with Crippen LogP contribution in [-0.4, -0.2) is 33.3 Å². The number of nitrogens with zero attached hydrogens (tertiary/aromatic N) is 1. The monoisotopic (exact) mass is 380 g/mol. The van der Waals surface area contributed by atoms with Crippen LogP contribution in [0, 0.1) is 12.3 Å². The quantitative estimate of drug-likeness (QED) is 0.855. The van der Waals surface area contributed by atoms with Crippen molar-refractivity contribution in [2.24, 2.45) is 10.4 Å². The molecular weight excluding hydrogens is 352 g/mol. The van der Waals surface area contributed by atoms with Crippen molar-refractivity contribution in [1.29, 1.82) is 0 Å². The molecular formula is C23H28N2O3. The van der Waals surface area contributed by atoms with Gasteiger partial charge in [-0.1, -0.05) is 29.8 Å². The Bertz CT molecular complexity index is 885. The fourth-order valence-electron chi connectivity index (χ4n) is 4.32. The molecule has 5 nitrogen and oxygen atoms in total. The smallest absolute Gasteiger partial charge is 0.142 e. The largest absolute Gasteiger partial charge is 0.496 e.